The molecule has 1 aromatic rings. The lowest BCUT2D eigenvalue weighted by atomic mass is 9.78. The summed E-state index contributed by atoms with van der Waals surface area (Å²) in [6, 6.07) is 6.48. The van der Waals surface area contributed by atoms with Crippen LogP contribution in [0.2, 0.25) is 0 Å². The van der Waals surface area contributed by atoms with E-state index in [0.29, 0.717) is 29.5 Å². The highest BCUT2D eigenvalue weighted by molar-refractivity contribution is 6.21. The molecule has 1 saturated heterocycles. The molecule has 4 rings (SSSR count). The average Bonchev–Trinajstić information content (AvgIpc) is 2.95. The Morgan fingerprint density at radius 2 is 1.67 bits per heavy atom. The van der Waals surface area contributed by atoms with Crippen molar-refractivity contribution in [1.29, 1.82) is 0 Å². The lowest BCUT2D eigenvalue weighted by Gasteiger charge is -2.45. The minimum Gasteiger partial charge on any atom is -0.338 e. The van der Waals surface area contributed by atoms with Crippen LogP contribution in [0.1, 0.15) is 65.7 Å². The normalized spacial score (nSPS) is 26.0. The predicted octanol–water partition coefficient (Wildman–Crippen LogP) is 2.18. The van der Waals surface area contributed by atoms with Gasteiger partial charge in [0.15, 0.2) is 0 Å². The van der Waals surface area contributed by atoms with Crippen molar-refractivity contribution in [2.75, 3.05) is 13.1 Å². The third-order valence-electron chi connectivity index (χ3n) is 6.39. The molecule has 0 aromatic heterocycles. The molecule has 0 bridgehead atoms. The van der Waals surface area contributed by atoms with Crippen LogP contribution in [0.3, 0.4) is 0 Å². The molecule has 0 radical (unpaired) electrons. The fourth-order valence-electron chi connectivity index (χ4n) is 4.95. The van der Waals surface area contributed by atoms with Gasteiger partial charge in [-0.2, -0.15) is 0 Å². The first-order chi connectivity index (χ1) is 13.1. The quantitative estimate of drug-likeness (QED) is 0.825. The minimum atomic E-state index is -0.671. The van der Waals surface area contributed by atoms with E-state index >= 15 is 0 Å². The summed E-state index contributed by atoms with van der Waals surface area (Å²) in [6.07, 6.45) is 7.26. The number of piperidine rings is 1. The third kappa shape index (κ3) is 3.27. The number of likely N-dealkylation sites (tertiary alicyclic amines) is 1. The van der Waals surface area contributed by atoms with E-state index in [1.54, 1.807) is 24.3 Å². The van der Waals surface area contributed by atoms with Crippen LogP contribution in [0, 0.1) is 5.92 Å². The summed E-state index contributed by atoms with van der Waals surface area (Å²) in [7, 11) is 0. The molecule has 1 aromatic carbocycles. The van der Waals surface area contributed by atoms with Crippen molar-refractivity contribution < 1.29 is 14.4 Å². The summed E-state index contributed by atoms with van der Waals surface area (Å²) in [6.45, 7) is 0.960. The second kappa shape index (κ2) is 7.43. The molecule has 6 heteroatoms. The molecule has 0 unspecified atom stereocenters. The van der Waals surface area contributed by atoms with E-state index in [-0.39, 0.29) is 24.3 Å². The summed E-state index contributed by atoms with van der Waals surface area (Å²) in [4.78, 5) is 41.1. The number of carbonyl (C=O) groups is 3. The second-order valence-corrected chi connectivity index (χ2v) is 7.99. The molecule has 3 amide bonds. The average molecular weight is 369 g/mol. The van der Waals surface area contributed by atoms with Crippen LogP contribution in [-0.2, 0) is 4.79 Å². The van der Waals surface area contributed by atoms with E-state index in [1.165, 1.54) is 30.6 Å². The molecule has 3 atom stereocenters. The van der Waals surface area contributed by atoms with Crippen LogP contribution in [0.4, 0.5) is 0 Å². The van der Waals surface area contributed by atoms with Crippen LogP contribution in [0.25, 0.3) is 0 Å². The summed E-state index contributed by atoms with van der Waals surface area (Å²) < 4.78 is 0. The van der Waals surface area contributed by atoms with Gasteiger partial charge in [-0.15, -0.1) is 0 Å². The van der Waals surface area contributed by atoms with Gasteiger partial charge in [-0.1, -0.05) is 25.0 Å². The standard InChI is InChI=1S/C21H27N3O3/c22-17(21(27)23-12-5-7-14-6-1-4-10-18(14)23)11-13-24-19(25)15-8-2-3-9-16(15)20(24)26/h2-3,8-9,14,17-18H,1,4-7,10-13,22H2/t14-,17-,18+/m1/s1. The zero-order valence-corrected chi connectivity index (χ0v) is 15.6. The molecule has 2 N–H and O–H groups in total. The van der Waals surface area contributed by atoms with Crippen LogP contribution < -0.4 is 5.73 Å². The van der Waals surface area contributed by atoms with Crippen molar-refractivity contribution >= 4 is 17.7 Å². The van der Waals surface area contributed by atoms with Gasteiger partial charge in [0.1, 0.15) is 0 Å². The Labute approximate surface area is 159 Å². The van der Waals surface area contributed by atoms with Gasteiger partial charge in [0, 0.05) is 19.1 Å². The topological polar surface area (TPSA) is 83.7 Å². The van der Waals surface area contributed by atoms with E-state index in [4.69, 9.17) is 5.73 Å². The molecule has 1 aliphatic carbocycles. The molecule has 2 fully saturated rings. The first-order valence-electron chi connectivity index (χ1n) is 10.1. The maximum absolute atomic E-state index is 13.0. The molecule has 1 saturated carbocycles. The Hall–Kier alpha value is -2.21. The SMILES string of the molecule is N[C@H](CCN1C(=O)c2ccccc2C1=O)C(=O)N1CCC[C@H]2CCCC[C@@H]21. The first kappa shape index (κ1) is 18.2. The number of carbonyl (C=O) groups excluding carboxylic acids is 3. The zero-order chi connectivity index (χ0) is 19.0. The van der Waals surface area contributed by atoms with Crippen molar-refractivity contribution in [2.24, 2.45) is 11.7 Å². The Bertz CT molecular complexity index is 726. The van der Waals surface area contributed by atoms with Crippen LogP contribution >= 0.6 is 0 Å². The van der Waals surface area contributed by atoms with E-state index in [0.717, 1.165) is 19.4 Å². The lowest BCUT2D eigenvalue weighted by molar-refractivity contribution is -0.139. The van der Waals surface area contributed by atoms with Gasteiger partial charge in [0.05, 0.1) is 17.2 Å². The molecule has 144 valence electrons. The molecular formula is C21H27N3O3. The van der Waals surface area contributed by atoms with E-state index in [2.05, 4.69) is 0 Å². The fraction of sp³-hybridized carbons (Fsp3) is 0.571. The van der Waals surface area contributed by atoms with Gasteiger partial charge in [-0.3, -0.25) is 19.3 Å². The second-order valence-electron chi connectivity index (χ2n) is 7.99. The zero-order valence-electron chi connectivity index (χ0n) is 15.6. The number of hydrogen-bond donors (Lipinski definition) is 1. The number of imide groups is 1. The Morgan fingerprint density at radius 1 is 1.04 bits per heavy atom. The number of nitrogens with two attached hydrogens (primary N) is 1. The van der Waals surface area contributed by atoms with E-state index in [1.807, 2.05) is 4.90 Å². The highest BCUT2D eigenvalue weighted by Crippen LogP contribution is 2.35. The molecule has 6 nitrogen and oxygen atoms in total. The van der Waals surface area contributed by atoms with Crippen molar-refractivity contribution in [3.63, 3.8) is 0 Å². The Balaban J connectivity index is 1.38. The maximum Gasteiger partial charge on any atom is 0.261 e. The van der Waals surface area contributed by atoms with E-state index < -0.39 is 6.04 Å². The summed E-state index contributed by atoms with van der Waals surface area (Å²) >= 11 is 0. The number of nitrogens with zero attached hydrogens (tertiary/aromatic N) is 2. The van der Waals surface area contributed by atoms with Gasteiger partial charge in [-0.25, -0.2) is 0 Å². The maximum atomic E-state index is 13.0. The fourth-order valence-corrected chi connectivity index (χ4v) is 4.95. The van der Waals surface area contributed by atoms with Crippen LogP contribution in [0.15, 0.2) is 24.3 Å². The number of benzene rings is 1. The lowest BCUT2D eigenvalue weighted by Crippen LogP contribution is -2.55. The summed E-state index contributed by atoms with van der Waals surface area (Å²) in [5.74, 6) is 0.00391. The van der Waals surface area contributed by atoms with Crippen molar-refractivity contribution in [3.8, 4) is 0 Å². The van der Waals surface area contributed by atoms with Gasteiger partial charge in [0.25, 0.3) is 11.8 Å². The van der Waals surface area contributed by atoms with Gasteiger partial charge < -0.3 is 10.6 Å². The molecule has 27 heavy (non-hydrogen) atoms. The van der Waals surface area contributed by atoms with Crippen molar-refractivity contribution in [2.45, 2.75) is 57.0 Å². The largest absolute Gasteiger partial charge is 0.338 e. The molecule has 2 aliphatic heterocycles. The monoisotopic (exact) mass is 369 g/mol. The molecule has 0 spiro atoms. The van der Waals surface area contributed by atoms with Gasteiger partial charge >= 0.3 is 0 Å². The van der Waals surface area contributed by atoms with Crippen LogP contribution in [-0.4, -0.2) is 52.7 Å². The number of amides is 3. The molecule has 2 heterocycles. The number of fused-ring (bicyclic) bond motifs is 2. The Kier molecular flexibility index (Phi) is 5.00. The number of rotatable bonds is 4. The third-order valence-corrected chi connectivity index (χ3v) is 6.39. The highest BCUT2D eigenvalue weighted by Gasteiger charge is 2.38. The van der Waals surface area contributed by atoms with Crippen LogP contribution in [0.5, 0.6) is 0 Å². The number of hydrogen-bond acceptors (Lipinski definition) is 4. The minimum absolute atomic E-state index is 0.0248. The van der Waals surface area contributed by atoms with Crippen molar-refractivity contribution in [1.82, 2.24) is 9.80 Å². The van der Waals surface area contributed by atoms with Crippen molar-refractivity contribution in [3.05, 3.63) is 35.4 Å². The Morgan fingerprint density at radius 3 is 2.37 bits per heavy atom. The van der Waals surface area contributed by atoms with E-state index in [9.17, 15) is 14.4 Å². The summed E-state index contributed by atoms with van der Waals surface area (Å²) in [5.41, 5.74) is 7.07. The predicted molar refractivity (Wildman–Crippen MR) is 101 cm³/mol. The first-order valence-corrected chi connectivity index (χ1v) is 10.1. The molecular weight excluding hydrogens is 342 g/mol. The smallest absolute Gasteiger partial charge is 0.261 e. The molecule has 3 aliphatic rings. The highest BCUT2D eigenvalue weighted by atomic mass is 16.2. The summed E-state index contributed by atoms with van der Waals surface area (Å²) in [5, 5.41) is 0. The van der Waals surface area contributed by atoms with Gasteiger partial charge in [0.2, 0.25) is 5.91 Å². The van der Waals surface area contributed by atoms with Gasteiger partial charge in [-0.05, 0) is 50.2 Å².